The third kappa shape index (κ3) is 5.18. The Morgan fingerprint density at radius 1 is 1.16 bits per heavy atom. The van der Waals surface area contributed by atoms with E-state index < -0.39 is 41.2 Å². The lowest BCUT2D eigenvalue weighted by atomic mass is 9.98. The molecule has 2 amide bonds. The molecule has 2 heterocycles. The van der Waals surface area contributed by atoms with Gasteiger partial charge in [0.25, 0.3) is 0 Å². The summed E-state index contributed by atoms with van der Waals surface area (Å²) in [5.41, 5.74) is 1.18. The number of esters is 2. The van der Waals surface area contributed by atoms with Crippen molar-refractivity contribution in [3.8, 4) is 5.75 Å². The highest BCUT2D eigenvalue weighted by atomic mass is 35.5. The molecule has 1 aromatic carbocycles. The van der Waals surface area contributed by atoms with Crippen LogP contribution in [0.15, 0.2) is 35.2 Å². The summed E-state index contributed by atoms with van der Waals surface area (Å²) >= 11 is 6.78. The SMILES string of the molecule is CCC(=O)OCC1=CS[C@@H]2C(NC(=O)CCl)C(=O)N2C1C(=O)OCc1ccc(OC)cc1. The molecule has 0 aromatic heterocycles. The standard InChI is InChI=1S/C21H23ClN2O7S/c1-3-16(26)30-10-13-11-32-20-17(23-15(25)8-22)19(27)24(20)18(13)21(28)31-9-12-4-6-14(29-2)7-5-12/h4-7,11,17-18,20H,3,8-10H2,1-2H3,(H,23,25)/t17?,18?,20-/m1/s1. The Morgan fingerprint density at radius 3 is 2.50 bits per heavy atom. The van der Waals surface area contributed by atoms with E-state index in [-0.39, 0.29) is 25.5 Å². The second-order valence-corrected chi connectivity index (χ2v) is 8.27. The molecule has 2 unspecified atom stereocenters. The Bertz CT molecular complexity index is 921. The van der Waals surface area contributed by atoms with Crippen molar-refractivity contribution in [3.05, 3.63) is 40.8 Å². The zero-order valence-electron chi connectivity index (χ0n) is 17.5. The second-order valence-electron chi connectivity index (χ2n) is 7.02. The summed E-state index contributed by atoms with van der Waals surface area (Å²) < 4.78 is 15.8. The number of hydrogen-bond acceptors (Lipinski definition) is 8. The molecule has 1 N–H and O–H groups in total. The number of thioether (sulfide) groups is 1. The third-order valence-corrected chi connectivity index (χ3v) is 6.42. The molecule has 2 aliphatic rings. The maximum absolute atomic E-state index is 13.0. The minimum atomic E-state index is -1.05. The lowest BCUT2D eigenvalue weighted by Gasteiger charge is -2.51. The number of fused-ring (bicyclic) bond motifs is 1. The smallest absolute Gasteiger partial charge is 0.333 e. The summed E-state index contributed by atoms with van der Waals surface area (Å²) in [7, 11) is 1.55. The van der Waals surface area contributed by atoms with E-state index in [0.717, 1.165) is 5.56 Å². The van der Waals surface area contributed by atoms with Gasteiger partial charge in [-0.1, -0.05) is 19.1 Å². The summed E-state index contributed by atoms with van der Waals surface area (Å²) in [6.07, 6.45) is 0.185. The number of ether oxygens (including phenoxy) is 3. The van der Waals surface area contributed by atoms with E-state index in [9.17, 15) is 19.2 Å². The zero-order chi connectivity index (χ0) is 23.3. The lowest BCUT2D eigenvalue weighted by Crippen LogP contribution is -2.74. The van der Waals surface area contributed by atoms with Crippen LogP contribution in [-0.4, -0.2) is 65.7 Å². The summed E-state index contributed by atoms with van der Waals surface area (Å²) in [6, 6.07) is 5.17. The molecule has 3 rings (SSSR count). The van der Waals surface area contributed by atoms with Gasteiger partial charge in [0, 0.05) is 12.0 Å². The van der Waals surface area contributed by atoms with Crippen LogP contribution in [0, 0.1) is 0 Å². The van der Waals surface area contributed by atoms with Crippen molar-refractivity contribution in [2.24, 2.45) is 0 Å². The first-order chi connectivity index (χ1) is 15.4. The van der Waals surface area contributed by atoms with E-state index >= 15 is 0 Å². The Kier molecular flexibility index (Phi) is 8.03. The summed E-state index contributed by atoms with van der Waals surface area (Å²) in [5, 5.41) is 3.74. The molecule has 172 valence electrons. The number of carbonyl (C=O) groups is 4. The largest absolute Gasteiger partial charge is 0.497 e. The van der Waals surface area contributed by atoms with Crippen LogP contribution < -0.4 is 10.1 Å². The van der Waals surface area contributed by atoms with Gasteiger partial charge < -0.3 is 24.4 Å². The number of nitrogens with one attached hydrogen (secondary N) is 1. The fourth-order valence-electron chi connectivity index (χ4n) is 3.25. The first kappa shape index (κ1) is 23.9. The predicted molar refractivity (Wildman–Crippen MR) is 117 cm³/mol. The summed E-state index contributed by atoms with van der Waals surface area (Å²) in [6.45, 7) is 1.51. The first-order valence-electron chi connectivity index (χ1n) is 9.86. The van der Waals surface area contributed by atoms with E-state index in [1.807, 2.05) is 0 Å². The van der Waals surface area contributed by atoms with Gasteiger partial charge >= 0.3 is 11.9 Å². The van der Waals surface area contributed by atoms with Gasteiger partial charge in [0.05, 0.1) is 7.11 Å². The topological polar surface area (TPSA) is 111 Å². The minimum absolute atomic E-state index is 0.00634. The average molecular weight is 483 g/mol. The van der Waals surface area contributed by atoms with Crippen LogP contribution in [0.5, 0.6) is 5.75 Å². The van der Waals surface area contributed by atoms with Crippen LogP contribution in [-0.2, 0) is 35.3 Å². The van der Waals surface area contributed by atoms with E-state index in [1.54, 1.807) is 43.7 Å². The number of nitrogens with zero attached hydrogens (tertiary/aromatic N) is 1. The minimum Gasteiger partial charge on any atom is -0.497 e. The van der Waals surface area contributed by atoms with Gasteiger partial charge in [-0.15, -0.1) is 23.4 Å². The molecule has 3 atom stereocenters. The molecule has 0 spiro atoms. The quantitative estimate of drug-likeness (QED) is 0.321. The van der Waals surface area contributed by atoms with Crippen LogP contribution in [0.3, 0.4) is 0 Å². The second kappa shape index (κ2) is 10.7. The van der Waals surface area contributed by atoms with Crippen molar-refractivity contribution in [1.82, 2.24) is 10.2 Å². The van der Waals surface area contributed by atoms with Gasteiger partial charge in [-0.25, -0.2) is 4.79 Å². The van der Waals surface area contributed by atoms with Crippen LogP contribution in [0.4, 0.5) is 0 Å². The molecule has 1 fully saturated rings. The molecule has 0 saturated carbocycles. The predicted octanol–water partition coefficient (Wildman–Crippen LogP) is 1.58. The van der Waals surface area contributed by atoms with Crippen molar-refractivity contribution in [3.63, 3.8) is 0 Å². The number of rotatable bonds is 9. The van der Waals surface area contributed by atoms with Gasteiger partial charge in [0.15, 0.2) is 6.04 Å². The molecule has 2 aliphatic heterocycles. The lowest BCUT2D eigenvalue weighted by molar-refractivity contribution is -0.164. The Balaban J connectivity index is 1.74. The number of hydrogen-bond donors (Lipinski definition) is 1. The molecule has 1 aromatic rings. The monoisotopic (exact) mass is 482 g/mol. The molecule has 11 heteroatoms. The fraction of sp³-hybridized carbons (Fsp3) is 0.429. The van der Waals surface area contributed by atoms with E-state index in [0.29, 0.717) is 11.3 Å². The number of methoxy groups -OCH3 is 1. The normalized spacial score (nSPS) is 21.6. The van der Waals surface area contributed by atoms with Gasteiger partial charge in [-0.05, 0) is 23.1 Å². The van der Waals surface area contributed by atoms with Crippen molar-refractivity contribution in [2.75, 3.05) is 19.6 Å². The Morgan fingerprint density at radius 2 is 1.88 bits per heavy atom. The summed E-state index contributed by atoms with van der Waals surface area (Å²) in [4.78, 5) is 50.3. The molecular weight excluding hydrogens is 460 g/mol. The molecule has 0 aliphatic carbocycles. The first-order valence-corrected chi connectivity index (χ1v) is 11.3. The van der Waals surface area contributed by atoms with Crippen molar-refractivity contribution in [1.29, 1.82) is 0 Å². The van der Waals surface area contributed by atoms with Crippen LogP contribution >= 0.6 is 23.4 Å². The number of amides is 2. The average Bonchev–Trinajstić information content (AvgIpc) is 2.83. The number of β-lactam (4-membered cyclic amide) rings is 1. The third-order valence-electron chi connectivity index (χ3n) is 4.96. The molecule has 0 radical (unpaired) electrons. The van der Waals surface area contributed by atoms with Gasteiger partial charge in [0.1, 0.15) is 36.3 Å². The van der Waals surface area contributed by atoms with Crippen LogP contribution in [0.2, 0.25) is 0 Å². The Hall–Kier alpha value is -2.72. The van der Waals surface area contributed by atoms with Gasteiger partial charge in [-0.3, -0.25) is 14.4 Å². The number of benzene rings is 1. The molecular formula is C21H23ClN2O7S. The van der Waals surface area contributed by atoms with Crippen LogP contribution in [0.25, 0.3) is 0 Å². The molecule has 0 bridgehead atoms. The highest BCUT2D eigenvalue weighted by Crippen LogP contribution is 2.40. The summed E-state index contributed by atoms with van der Waals surface area (Å²) in [5.74, 6) is -1.59. The molecule has 32 heavy (non-hydrogen) atoms. The fourth-order valence-corrected chi connectivity index (χ4v) is 4.54. The van der Waals surface area contributed by atoms with Gasteiger partial charge in [0.2, 0.25) is 11.8 Å². The number of carbonyl (C=O) groups excluding carboxylic acids is 4. The maximum atomic E-state index is 13.0. The number of halogens is 1. The number of alkyl halides is 1. The van der Waals surface area contributed by atoms with Crippen molar-refractivity contribution >= 4 is 47.1 Å². The highest BCUT2D eigenvalue weighted by molar-refractivity contribution is 8.02. The van der Waals surface area contributed by atoms with Crippen molar-refractivity contribution in [2.45, 2.75) is 37.4 Å². The van der Waals surface area contributed by atoms with Crippen LogP contribution in [0.1, 0.15) is 18.9 Å². The maximum Gasteiger partial charge on any atom is 0.333 e. The Labute approximate surface area is 194 Å². The van der Waals surface area contributed by atoms with E-state index in [2.05, 4.69) is 5.32 Å². The van der Waals surface area contributed by atoms with Crippen molar-refractivity contribution < 1.29 is 33.4 Å². The van der Waals surface area contributed by atoms with E-state index in [4.69, 9.17) is 25.8 Å². The zero-order valence-corrected chi connectivity index (χ0v) is 19.1. The molecule has 9 nitrogen and oxygen atoms in total. The van der Waals surface area contributed by atoms with Gasteiger partial charge in [-0.2, -0.15) is 0 Å². The van der Waals surface area contributed by atoms with E-state index in [1.165, 1.54) is 16.7 Å². The molecule has 1 saturated heterocycles. The highest BCUT2D eigenvalue weighted by Gasteiger charge is 2.56.